The van der Waals surface area contributed by atoms with Crippen molar-refractivity contribution < 1.29 is 37.7 Å². The molecule has 1 aliphatic heterocycles. The number of ether oxygens (including phenoxy) is 1. The minimum absolute atomic E-state index is 0.0908. The normalized spacial score (nSPS) is 25.5. The third-order valence-electron chi connectivity index (χ3n) is 5.22. The lowest BCUT2D eigenvalue weighted by molar-refractivity contribution is -0.119. The third kappa shape index (κ3) is 5.59. The van der Waals surface area contributed by atoms with Crippen molar-refractivity contribution in [3.05, 3.63) is 16.7 Å². The molecule has 3 rings (SSSR count). The second kappa shape index (κ2) is 10.8. The second-order valence-corrected chi connectivity index (χ2v) is 10.4. The van der Waals surface area contributed by atoms with Gasteiger partial charge in [0.15, 0.2) is 22.5 Å². The molecule has 0 bridgehead atoms. The van der Waals surface area contributed by atoms with Crippen LogP contribution in [0.5, 0.6) is 0 Å². The maximum Gasteiger partial charge on any atom is 0.319 e. The van der Waals surface area contributed by atoms with Gasteiger partial charge in [0.25, 0.3) is 5.56 Å². The van der Waals surface area contributed by atoms with Crippen molar-refractivity contribution >= 4 is 42.2 Å². The number of aromatic nitrogens is 4. The molecule has 1 saturated heterocycles. The number of alkyl halides is 1. The number of carbonyl (C=O) groups is 1. The Kier molecular flexibility index (Phi) is 8.38. The molecule has 0 radical (unpaired) electrons. The van der Waals surface area contributed by atoms with Crippen LogP contribution in [0.4, 0.5) is 10.3 Å². The van der Waals surface area contributed by atoms with Gasteiger partial charge in [0.1, 0.15) is 12.2 Å². The summed E-state index contributed by atoms with van der Waals surface area (Å²) in [6, 6.07) is 0. The molecule has 0 spiro atoms. The summed E-state index contributed by atoms with van der Waals surface area (Å²) in [7, 11) is -3.08. The number of rotatable bonds is 10. The quantitative estimate of drug-likeness (QED) is 0.182. The number of aliphatic hydroxyl groups excluding tert-OH is 2. The maximum atomic E-state index is 15.6. The lowest BCUT2D eigenvalue weighted by Gasteiger charge is -2.23. The van der Waals surface area contributed by atoms with E-state index in [0.29, 0.717) is 0 Å². The lowest BCUT2D eigenvalue weighted by Crippen LogP contribution is -2.42. The van der Waals surface area contributed by atoms with Crippen molar-refractivity contribution in [3.63, 3.8) is 0 Å². The van der Waals surface area contributed by atoms with Gasteiger partial charge in [-0.05, 0) is 13.8 Å². The van der Waals surface area contributed by atoms with E-state index in [-0.39, 0.29) is 41.2 Å². The molecule has 0 amide bonds. The number of nitrogen functional groups attached to an aromatic ring is 1. The molecule has 0 aliphatic carbocycles. The second-order valence-electron chi connectivity index (χ2n) is 8.25. The first kappa shape index (κ1) is 27.3. The van der Waals surface area contributed by atoms with Gasteiger partial charge in [0.2, 0.25) is 11.6 Å². The average Bonchev–Trinajstić information content (AvgIpc) is 3.34. The van der Waals surface area contributed by atoms with Crippen LogP contribution in [0.25, 0.3) is 11.2 Å². The summed E-state index contributed by atoms with van der Waals surface area (Å²) >= 11 is 0.912. The molecule has 1 fully saturated rings. The van der Waals surface area contributed by atoms with Crippen LogP contribution in [0, 0.1) is 17.8 Å². The largest absolute Gasteiger partial charge is 0.395 e. The molecule has 3 heterocycles. The van der Waals surface area contributed by atoms with Gasteiger partial charge in [-0.15, -0.1) is 6.42 Å². The van der Waals surface area contributed by atoms with Crippen LogP contribution < -0.4 is 11.3 Å². The number of nitrogens with two attached hydrogens (primary N) is 1. The van der Waals surface area contributed by atoms with Gasteiger partial charge in [-0.25, -0.2) is 9.37 Å². The van der Waals surface area contributed by atoms with Crippen molar-refractivity contribution in [3.8, 4) is 12.3 Å². The minimum Gasteiger partial charge on any atom is -0.395 e. The molecule has 3 unspecified atom stereocenters. The number of terminal acetylenes is 1. The number of thioether (sulfide) groups is 1. The van der Waals surface area contributed by atoms with Crippen molar-refractivity contribution in [1.29, 1.82) is 0 Å². The molecule has 1 aliphatic rings. The number of carbonyl (C=O) groups excluding carboxylic acids is 1. The summed E-state index contributed by atoms with van der Waals surface area (Å²) < 4.78 is 44.4. The Morgan fingerprint density at radius 3 is 2.91 bits per heavy atom. The van der Waals surface area contributed by atoms with E-state index >= 15 is 4.39 Å². The van der Waals surface area contributed by atoms with E-state index < -0.39 is 49.9 Å². The van der Waals surface area contributed by atoms with E-state index in [0.717, 1.165) is 22.7 Å². The Bertz CT molecular complexity index is 1220. The summed E-state index contributed by atoms with van der Waals surface area (Å²) in [6.45, 7) is 2.24. The van der Waals surface area contributed by atoms with E-state index in [4.69, 9.17) is 25.9 Å². The highest BCUT2D eigenvalue weighted by Gasteiger charge is 2.58. The fraction of sp³-hybridized carbons (Fsp3) is 0.579. The first-order valence-corrected chi connectivity index (χ1v) is 12.5. The van der Waals surface area contributed by atoms with Gasteiger partial charge in [-0.3, -0.25) is 23.7 Å². The van der Waals surface area contributed by atoms with Gasteiger partial charge >= 0.3 is 8.25 Å². The summed E-state index contributed by atoms with van der Waals surface area (Å²) in [6.07, 6.45) is 1.53. The zero-order chi connectivity index (χ0) is 26.0. The molecular formula is C19H25FN5O8PS. The number of nitrogens with zero attached hydrogens (tertiary/aromatic N) is 3. The van der Waals surface area contributed by atoms with Crippen LogP contribution in [0.2, 0.25) is 0 Å². The van der Waals surface area contributed by atoms with Crippen molar-refractivity contribution in [2.24, 2.45) is 5.41 Å². The molecule has 16 heteroatoms. The zero-order valence-electron chi connectivity index (χ0n) is 18.8. The molecule has 2 aromatic rings. The molecular weight excluding hydrogens is 508 g/mol. The summed E-state index contributed by atoms with van der Waals surface area (Å²) in [5.41, 5.74) is 0.949. The number of halogens is 1. The van der Waals surface area contributed by atoms with E-state index in [1.807, 2.05) is 5.92 Å². The van der Waals surface area contributed by atoms with Gasteiger partial charge in [-0.2, -0.15) is 4.98 Å². The van der Waals surface area contributed by atoms with Gasteiger partial charge < -0.3 is 29.7 Å². The number of anilines is 1. The number of hydrogen-bond acceptors (Lipinski definition) is 12. The first-order chi connectivity index (χ1) is 16.4. The van der Waals surface area contributed by atoms with Crippen LogP contribution in [0.1, 0.15) is 20.1 Å². The number of aromatic amines is 1. The molecule has 0 saturated carbocycles. The molecule has 5 atom stereocenters. The summed E-state index contributed by atoms with van der Waals surface area (Å²) in [5, 5.41) is 19.4. The molecule has 2 aromatic heterocycles. The number of nitrogens with one attached hydrogen (secondary N) is 1. The monoisotopic (exact) mass is 533 g/mol. The van der Waals surface area contributed by atoms with Gasteiger partial charge in [-0.1, -0.05) is 17.7 Å². The smallest absolute Gasteiger partial charge is 0.319 e. The molecule has 0 aromatic carbocycles. The molecule has 35 heavy (non-hydrogen) atoms. The Morgan fingerprint density at radius 1 is 1.54 bits per heavy atom. The maximum absolute atomic E-state index is 15.6. The highest BCUT2D eigenvalue weighted by molar-refractivity contribution is 8.13. The fourth-order valence-electron chi connectivity index (χ4n) is 3.14. The fourth-order valence-corrected chi connectivity index (χ4v) is 4.74. The average molecular weight is 533 g/mol. The summed E-state index contributed by atoms with van der Waals surface area (Å²) in [4.78, 5) is 34.0. The van der Waals surface area contributed by atoms with Gasteiger partial charge in [0, 0.05) is 5.75 Å². The third-order valence-corrected chi connectivity index (χ3v) is 7.25. The van der Waals surface area contributed by atoms with Crippen LogP contribution in [-0.2, 0) is 23.1 Å². The number of aliphatic hydroxyl groups is 2. The van der Waals surface area contributed by atoms with E-state index in [1.54, 1.807) is 13.8 Å². The van der Waals surface area contributed by atoms with E-state index in [2.05, 4.69) is 15.0 Å². The minimum atomic E-state index is -3.08. The highest BCUT2D eigenvalue weighted by atomic mass is 32.2. The zero-order valence-corrected chi connectivity index (χ0v) is 20.6. The molecule has 192 valence electrons. The number of imidazole rings is 1. The predicted octanol–water partition coefficient (Wildman–Crippen LogP) is 0.00280. The molecule has 5 N–H and O–H groups in total. The Labute approximate surface area is 203 Å². The number of hydrogen-bond donors (Lipinski definition) is 4. The highest BCUT2D eigenvalue weighted by Crippen LogP contribution is 2.43. The topological polar surface area (TPSA) is 192 Å². The Morgan fingerprint density at radius 2 is 2.26 bits per heavy atom. The first-order valence-electron chi connectivity index (χ1n) is 10.2. The van der Waals surface area contributed by atoms with Crippen LogP contribution in [0.3, 0.4) is 0 Å². The van der Waals surface area contributed by atoms with Crippen molar-refractivity contribution in [2.75, 3.05) is 31.3 Å². The SMILES string of the molecule is C#CC1(F)C(O)[C@@H](CO[PH](=O)OCCSC(=O)C(C)(C)CO)O[C@H]1n1cnc2c(=O)[nH]c(N)nc21. The van der Waals surface area contributed by atoms with Gasteiger partial charge in [0.05, 0.1) is 31.6 Å². The van der Waals surface area contributed by atoms with Crippen LogP contribution >= 0.6 is 20.0 Å². The van der Waals surface area contributed by atoms with Crippen LogP contribution in [0.15, 0.2) is 11.1 Å². The standard InChI is InChI=1S/C19H25FN5O8PS/c1-4-19(20)12(27)10(7-32-34(30)31-5-6-35-16(29)18(2,3)8-26)33-15(19)25-9-22-11-13(25)23-17(21)24-14(11)28/h1,9-10,12,15,26-27,34H,5-8H2,2-3H3,(H3,21,23,24,28)/t10-,12?,15-,19?/m1/s1. The van der Waals surface area contributed by atoms with Crippen molar-refractivity contribution in [2.45, 2.75) is 38.0 Å². The van der Waals surface area contributed by atoms with E-state index in [1.165, 1.54) is 0 Å². The summed E-state index contributed by atoms with van der Waals surface area (Å²) in [5.74, 6) is 1.79. The van der Waals surface area contributed by atoms with Crippen molar-refractivity contribution in [1.82, 2.24) is 19.5 Å². The van der Waals surface area contributed by atoms with Crippen LogP contribution in [-0.4, -0.2) is 78.3 Å². The lowest BCUT2D eigenvalue weighted by atomic mass is 9.97. The Balaban J connectivity index is 1.61. The number of H-pyrrole nitrogens is 1. The molecule has 13 nitrogen and oxygen atoms in total. The Hall–Kier alpha value is -2.31. The predicted molar refractivity (Wildman–Crippen MR) is 124 cm³/mol. The van der Waals surface area contributed by atoms with E-state index in [9.17, 15) is 24.4 Å². The number of fused-ring (bicyclic) bond motifs is 1.